The lowest BCUT2D eigenvalue weighted by molar-refractivity contribution is -0.141. The fraction of sp³-hybridized carbons (Fsp3) is 0.889. The van der Waals surface area contributed by atoms with Gasteiger partial charge in [0.25, 0.3) is 0 Å². The molecule has 0 aliphatic rings. The number of hydrogen-bond donors (Lipinski definition) is 1. The molecule has 1 N–H and O–H groups in total. The van der Waals surface area contributed by atoms with Crippen LogP contribution < -0.4 is 5.09 Å². The molecular weight excluding hydrogens is 233 g/mol. The Labute approximate surface area is 96.2 Å². The summed E-state index contributed by atoms with van der Waals surface area (Å²) in [6.45, 7) is 5.54. The molecule has 0 radical (unpaired) electrons. The molecule has 0 aliphatic heterocycles. The first-order valence-electron chi connectivity index (χ1n) is 5.31. The van der Waals surface area contributed by atoms with Crippen LogP contribution in [0.25, 0.3) is 0 Å². The van der Waals surface area contributed by atoms with Crippen LogP contribution in [-0.4, -0.2) is 25.9 Å². The zero-order chi connectivity index (χ0) is 12.4. The maximum Gasteiger partial charge on any atom is 0.408 e. The summed E-state index contributed by atoms with van der Waals surface area (Å²) < 4.78 is 26.8. The summed E-state index contributed by atoms with van der Waals surface area (Å²) in [7, 11) is -3.34. The lowest BCUT2D eigenvalue weighted by Crippen LogP contribution is -2.20. The normalized spacial score (nSPS) is 11.4. The van der Waals surface area contributed by atoms with E-state index in [1.165, 1.54) is 6.92 Å². The third-order valence-corrected chi connectivity index (χ3v) is 3.03. The van der Waals surface area contributed by atoms with Gasteiger partial charge in [0.1, 0.15) is 0 Å². The van der Waals surface area contributed by atoms with E-state index in [4.69, 9.17) is 9.05 Å². The van der Waals surface area contributed by atoms with E-state index in [9.17, 15) is 9.36 Å². The summed E-state index contributed by atoms with van der Waals surface area (Å²) >= 11 is 0. The maximum absolute atomic E-state index is 12.0. The van der Waals surface area contributed by atoms with Gasteiger partial charge in [-0.2, -0.15) is 5.09 Å². The van der Waals surface area contributed by atoms with E-state index >= 15 is 0 Å². The van der Waals surface area contributed by atoms with Crippen molar-refractivity contribution in [1.29, 1.82) is 0 Å². The Morgan fingerprint density at radius 2 is 1.69 bits per heavy atom. The number of ether oxygens (including phenoxy) is 1. The van der Waals surface area contributed by atoms with E-state index < -0.39 is 13.7 Å². The Kier molecular flexibility index (Phi) is 8.47. The number of nitrogens with one attached hydrogen (secondary N) is 1. The van der Waals surface area contributed by atoms with E-state index in [1.54, 1.807) is 0 Å². The summed E-state index contributed by atoms with van der Waals surface area (Å²) in [6, 6.07) is 0. The van der Waals surface area contributed by atoms with Crippen molar-refractivity contribution in [2.24, 2.45) is 0 Å². The predicted molar refractivity (Wildman–Crippen MR) is 59.9 cm³/mol. The molecule has 0 heterocycles. The molecule has 0 rings (SSSR count). The molecule has 0 bridgehead atoms. The zero-order valence-corrected chi connectivity index (χ0v) is 10.9. The Bertz CT molecular complexity index is 234. The molecular formula is C9H20NO5P. The number of rotatable bonds is 9. The Morgan fingerprint density at radius 3 is 2.06 bits per heavy atom. The molecule has 0 aromatic rings. The molecule has 0 aromatic heterocycles. The Hall–Kier alpha value is -0.420. The predicted octanol–water partition coefficient (Wildman–Crippen LogP) is 2.06. The average Bonchev–Trinajstić information content (AvgIpc) is 2.23. The number of hydrogen-bond acceptors (Lipinski definition) is 5. The minimum Gasteiger partial charge on any atom is -0.449 e. The summed E-state index contributed by atoms with van der Waals surface area (Å²) in [5, 5.41) is 2.47. The fourth-order valence-electron chi connectivity index (χ4n) is 0.764. The van der Waals surface area contributed by atoms with E-state index in [-0.39, 0.29) is 6.73 Å². The van der Waals surface area contributed by atoms with Crippen molar-refractivity contribution >= 4 is 13.7 Å². The van der Waals surface area contributed by atoms with Gasteiger partial charge in [-0.05, 0) is 12.8 Å². The molecule has 0 aliphatic carbocycles. The largest absolute Gasteiger partial charge is 0.449 e. The summed E-state index contributed by atoms with van der Waals surface area (Å²) in [6.07, 6.45) is 1.46. The number of carbonyl (C=O) groups excluding carboxylic acids is 1. The highest BCUT2D eigenvalue weighted by Crippen LogP contribution is 2.43. The molecule has 7 heteroatoms. The Balaban J connectivity index is 4.07. The van der Waals surface area contributed by atoms with Crippen LogP contribution in [0.15, 0.2) is 0 Å². The zero-order valence-electron chi connectivity index (χ0n) is 10.0. The first-order chi connectivity index (χ1) is 7.54. The molecule has 0 aromatic carbocycles. The van der Waals surface area contributed by atoms with Crippen LogP contribution in [-0.2, 0) is 23.1 Å². The fourth-order valence-corrected chi connectivity index (χ4v) is 2.09. The Morgan fingerprint density at radius 1 is 1.19 bits per heavy atom. The van der Waals surface area contributed by atoms with Crippen LogP contribution in [0.3, 0.4) is 0 Å². The maximum atomic E-state index is 12.0. The van der Waals surface area contributed by atoms with Crippen molar-refractivity contribution < 1.29 is 23.1 Å². The average molecular weight is 253 g/mol. The molecule has 0 spiro atoms. The van der Waals surface area contributed by atoms with Gasteiger partial charge in [0.15, 0.2) is 6.73 Å². The topological polar surface area (TPSA) is 73.9 Å². The monoisotopic (exact) mass is 253 g/mol. The van der Waals surface area contributed by atoms with E-state index in [2.05, 4.69) is 9.82 Å². The second-order valence-corrected chi connectivity index (χ2v) is 4.93. The van der Waals surface area contributed by atoms with Gasteiger partial charge in [-0.3, -0.25) is 13.8 Å². The van der Waals surface area contributed by atoms with Gasteiger partial charge in [-0.1, -0.05) is 13.8 Å². The molecule has 0 fully saturated rings. The lowest BCUT2D eigenvalue weighted by atomic mass is 10.5. The van der Waals surface area contributed by atoms with Crippen molar-refractivity contribution in [2.45, 2.75) is 33.6 Å². The molecule has 96 valence electrons. The van der Waals surface area contributed by atoms with Crippen molar-refractivity contribution in [3.05, 3.63) is 0 Å². The summed E-state index contributed by atoms with van der Waals surface area (Å²) in [5.74, 6) is -0.454. The van der Waals surface area contributed by atoms with Gasteiger partial charge in [-0.15, -0.1) is 0 Å². The third kappa shape index (κ3) is 7.82. The molecule has 0 amide bonds. The van der Waals surface area contributed by atoms with Crippen molar-refractivity contribution in [1.82, 2.24) is 5.09 Å². The van der Waals surface area contributed by atoms with Crippen LogP contribution in [0.4, 0.5) is 0 Å². The summed E-state index contributed by atoms with van der Waals surface area (Å²) in [4.78, 5) is 10.5. The van der Waals surface area contributed by atoms with Gasteiger partial charge >= 0.3 is 13.7 Å². The molecule has 0 atom stereocenters. The highest BCUT2D eigenvalue weighted by Gasteiger charge is 2.23. The number of carbonyl (C=O) groups is 1. The number of esters is 1. The van der Waals surface area contributed by atoms with Crippen LogP contribution >= 0.6 is 7.75 Å². The minimum atomic E-state index is -3.34. The molecule has 0 unspecified atom stereocenters. The van der Waals surface area contributed by atoms with E-state index in [0.29, 0.717) is 13.2 Å². The van der Waals surface area contributed by atoms with Crippen LogP contribution in [0.1, 0.15) is 33.6 Å². The van der Waals surface area contributed by atoms with Crippen molar-refractivity contribution in [3.8, 4) is 0 Å². The van der Waals surface area contributed by atoms with Gasteiger partial charge in [0, 0.05) is 6.92 Å². The second kappa shape index (κ2) is 8.70. The lowest BCUT2D eigenvalue weighted by Gasteiger charge is -2.18. The SMILES string of the molecule is CCCOP(=O)(NCOC(C)=O)OCCC. The molecule has 6 nitrogen and oxygen atoms in total. The van der Waals surface area contributed by atoms with Crippen LogP contribution in [0, 0.1) is 0 Å². The quantitative estimate of drug-likeness (QED) is 0.385. The highest BCUT2D eigenvalue weighted by molar-refractivity contribution is 7.51. The van der Waals surface area contributed by atoms with Crippen LogP contribution in [0.5, 0.6) is 0 Å². The van der Waals surface area contributed by atoms with Gasteiger partial charge in [0.05, 0.1) is 13.2 Å². The van der Waals surface area contributed by atoms with Crippen LogP contribution in [0.2, 0.25) is 0 Å². The standard InChI is InChI=1S/C9H20NO5P/c1-4-6-14-16(12,15-7-5-2)10-8-13-9(3)11/h4-8H2,1-3H3,(H,10,12). The van der Waals surface area contributed by atoms with Gasteiger partial charge in [0.2, 0.25) is 0 Å². The van der Waals surface area contributed by atoms with Crippen molar-refractivity contribution in [3.63, 3.8) is 0 Å². The minimum absolute atomic E-state index is 0.181. The smallest absolute Gasteiger partial charge is 0.408 e. The van der Waals surface area contributed by atoms with Crippen molar-refractivity contribution in [2.75, 3.05) is 19.9 Å². The first kappa shape index (κ1) is 15.6. The van der Waals surface area contributed by atoms with Gasteiger partial charge < -0.3 is 4.74 Å². The molecule has 0 saturated carbocycles. The highest BCUT2D eigenvalue weighted by atomic mass is 31.2. The van der Waals surface area contributed by atoms with E-state index in [1.807, 2.05) is 13.8 Å². The summed E-state index contributed by atoms with van der Waals surface area (Å²) in [5.41, 5.74) is 0. The first-order valence-corrected chi connectivity index (χ1v) is 6.86. The second-order valence-electron chi connectivity index (χ2n) is 3.10. The van der Waals surface area contributed by atoms with E-state index in [0.717, 1.165) is 12.8 Å². The molecule has 0 saturated heterocycles. The molecule has 16 heavy (non-hydrogen) atoms. The van der Waals surface area contributed by atoms with Gasteiger partial charge in [-0.25, -0.2) is 4.57 Å². The third-order valence-electron chi connectivity index (χ3n) is 1.46.